The number of hydrogen-bond acceptors (Lipinski definition) is 5. The van der Waals surface area contributed by atoms with E-state index in [1.54, 1.807) is 18.1 Å². The van der Waals surface area contributed by atoms with Crippen LogP contribution < -0.4 is 9.47 Å². The number of ether oxygens (including phenoxy) is 2. The van der Waals surface area contributed by atoms with Gasteiger partial charge in [0.1, 0.15) is 41.3 Å². The fraction of sp³-hybridized carbons (Fsp3) is 0.200. The van der Waals surface area contributed by atoms with E-state index in [0.717, 1.165) is 5.75 Å². The normalized spacial score (nSPS) is 14.2. The summed E-state index contributed by atoms with van der Waals surface area (Å²) >= 11 is 0. The van der Waals surface area contributed by atoms with Gasteiger partial charge in [-0.2, -0.15) is 0 Å². The number of imidazole rings is 1. The summed E-state index contributed by atoms with van der Waals surface area (Å²) in [7, 11) is 1.60. The second-order valence-corrected chi connectivity index (χ2v) is 6.36. The molecule has 0 saturated heterocycles. The Hall–Kier alpha value is -3.55. The first-order valence-electron chi connectivity index (χ1n) is 8.73. The van der Waals surface area contributed by atoms with Gasteiger partial charge in [0.2, 0.25) is 0 Å². The lowest BCUT2D eigenvalue weighted by atomic mass is 10.2. The molecule has 0 unspecified atom stereocenters. The molecule has 4 rings (SSSR count). The van der Waals surface area contributed by atoms with Crippen LogP contribution in [-0.2, 0) is 0 Å². The number of aliphatic hydroxyl groups is 1. The molecule has 1 aromatic heterocycles. The van der Waals surface area contributed by atoms with E-state index in [9.17, 15) is 9.50 Å². The summed E-state index contributed by atoms with van der Waals surface area (Å²) in [5, 5.41) is 18.7. The molecule has 0 radical (unpaired) electrons. The minimum atomic E-state index is -0.375. The van der Waals surface area contributed by atoms with Crippen LogP contribution in [0.4, 0.5) is 4.39 Å². The highest BCUT2D eigenvalue weighted by molar-refractivity contribution is 6.23. The highest BCUT2D eigenvalue weighted by Gasteiger charge is 2.30. The smallest absolute Gasteiger partial charge is 0.145 e. The average Bonchev–Trinajstić information content (AvgIpc) is 3.22. The molecule has 0 fully saturated rings. The second kappa shape index (κ2) is 7.22. The summed E-state index contributed by atoms with van der Waals surface area (Å²) in [6.07, 6.45) is 0. The van der Waals surface area contributed by atoms with Crippen molar-refractivity contribution in [3.63, 3.8) is 0 Å². The van der Waals surface area contributed by atoms with E-state index in [0.29, 0.717) is 41.3 Å². The van der Waals surface area contributed by atoms with Gasteiger partial charge < -0.3 is 24.5 Å². The maximum Gasteiger partial charge on any atom is 0.145 e. The Bertz CT molecular complexity index is 1060. The fourth-order valence-electron chi connectivity index (χ4n) is 3.12. The zero-order valence-electron chi connectivity index (χ0n) is 15.2. The minimum Gasteiger partial charge on any atom is -0.510 e. The first kappa shape index (κ1) is 17.8. The number of aliphatic hydroxyl groups excluding tert-OH is 1. The van der Waals surface area contributed by atoms with Crippen LogP contribution in [0.5, 0.6) is 11.5 Å². The Morgan fingerprint density at radius 2 is 1.96 bits per heavy atom. The molecule has 0 spiro atoms. The molecule has 2 heterocycles. The van der Waals surface area contributed by atoms with Gasteiger partial charge in [-0.1, -0.05) is 0 Å². The van der Waals surface area contributed by atoms with Gasteiger partial charge in [-0.05, 0) is 42.5 Å². The van der Waals surface area contributed by atoms with E-state index < -0.39 is 0 Å². The van der Waals surface area contributed by atoms with E-state index in [2.05, 4.69) is 9.97 Å². The van der Waals surface area contributed by atoms with E-state index in [-0.39, 0.29) is 24.0 Å². The summed E-state index contributed by atoms with van der Waals surface area (Å²) < 4.78 is 24.2. The predicted octanol–water partition coefficient (Wildman–Crippen LogP) is 3.35. The molecular formula is C20H19FN4O3. The number of aromatic nitrogens is 2. The second-order valence-electron chi connectivity index (χ2n) is 6.36. The third kappa shape index (κ3) is 3.36. The highest BCUT2D eigenvalue weighted by atomic mass is 19.1. The SMILES string of the molecule is COc1ccc(OCCN2CC(O)=C(c3nc4ccc(F)cc4[nH]3)C2=N)cc1. The van der Waals surface area contributed by atoms with Crippen molar-refractivity contribution in [2.75, 3.05) is 26.8 Å². The number of H-pyrrole nitrogens is 1. The zero-order valence-corrected chi connectivity index (χ0v) is 15.2. The predicted molar refractivity (Wildman–Crippen MR) is 103 cm³/mol. The molecule has 1 aliphatic rings. The Kier molecular flexibility index (Phi) is 4.60. The fourth-order valence-corrected chi connectivity index (χ4v) is 3.12. The average molecular weight is 382 g/mol. The summed E-state index contributed by atoms with van der Waals surface area (Å²) in [6.45, 7) is 0.972. The van der Waals surface area contributed by atoms with Crippen LogP contribution in [0.25, 0.3) is 16.6 Å². The molecule has 3 N–H and O–H groups in total. The molecule has 2 aromatic carbocycles. The maximum atomic E-state index is 13.4. The van der Waals surface area contributed by atoms with Crippen LogP contribution in [-0.4, -0.2) is 52.6 Å². The third-order valence-corrected chi connectivity index (χ3v) is 4.55. The van der Waals surface area contributed by atoms with Crippen molar-refractivity contribution >= 4 is 22.4 Å². The van der Waals surface area contributed by atoms with Gasteiger partial charge >= 0.3 is 0 Å². The van der Waals surface area contributed by atoms with Crippen molar-refractivity contribution in [1.29, 1.82) is 5.41 Å². The maximum absolute atomic E-state index is 13.4. The first-order chi connectivity index (χ1) is 13.5. The number of fused-ring (bicyclic) bond motifs is 1. The van der Waals surface area contributed by atoms with E-state index in [1.807, 2.05) is 24.3 Å². The molecule has 0 bridgehead atoms. The molecule has 0 saturated carbocycles. The third-order valence-electron chi connectivity index (χ3n) is 4.55. The summed E-state index contributed by atoms with van der Waals surface area (Å²) in [5.41, 5.74) is 1.41. The van der Waals surface area contributed by atoms with Gasteiger partial charge in [-0.3, -0.25) is 5.41 Å². The molecule has 7 nitrogen and oxygen atoms in total. The molecular weight excluding hydrogens is 363 g/mol. The molecule has 0 aliphatic carbocycles. The van der Waals surface area contributed by atoms with Crippen molar-refractivity contribution in [2.24, 2.45) is 0 Å². The van der Waals surface area contributed by atoms with Crippen LogP contribution >= 0.6 is 0 Å². The number of hydrogen-bond donors (Lipinski definition) is 3. The van der Waals surface area contributed by atoms with Gasteiger partial charge in [-0.15, -0.1) is 0 Å². The lowest BCUT2D eigenvalue weighted by molar-refractivity contribution is 0.265. The van der Waals surface area contributed by atoms with E-state index in [4.69, 9.17) is 14.9 Å². The van der Waals surface area contributed by atoms with Crippen molar-refractivity contribution in [2.45, 2.75) is 0 Å². The number of benzene rings is 2. The van der Waals surface area contributed by atoms with Crippen LogP contribution in [0.3, 0.4) is 0 Å². The van der Waals surface area contributed by atoms with E-state index in [1.165, 1.54) is 12.1 Å². The van der Waals surface area contributed by atoms with Gasteiger partial charge in [0.05, 0.1) is 36.8 Å². The lowest BCUT2D eigenvalue weighted by Crippen LogP contribution is -2.31. The molecule has 144 valence electrons. The van der Waals surface area contributed by atoms with Gasteiger partial charge in [-0.25, -0.2) is 9.37 Å². The summed E-state index contributed by atoms with van der Waals surface area (Å²) in [6, 6.07) is 11.5. The Morgan fingerprint density at radius 3 is 2.71 bits per heavy atom. The largest absolute Gasteiger partial charge is 0.510 e. The van der Waals surface area contributed by atoms with Crippen LogP contribution in [0.2, 0.25) is 0 Å². The summed E-state index contributed by atoms with van der Waals surface area (Å²) in [5.74, 6) is 1.62. The number of rotatable bonds is 6. The van der Waals surface area contributed by atoms with Gasteiger partial charge in [0.15, 0.2) is 0 Å². The number of halogens is 1. The Morgan fingerprint density at radius 1 is 1.21 bits per heavy atom. The topological polar surface area (TPSA) is 94.5 Å². The molecule has 0 atom stereocenters. The lowest BCUT2D eigenvalue weighted by Gasteiger charge is -2.18. The number of methoxy groups -OCH3 is 1. The number of nitrogens with zero attached hydrogens (tertiary/aromatic N) is 2. The number of amidine groups is 1. The molecule has 3 aromatic rings. The van der Waals surface area contributed by atoms with Crippen LogP contribution in [0.15, 0.2) is 48.2 Å². The Balaban J connectivity index is 1.42. The standard InChI is InChI=1S/C20H19FN4O3/c1-27-13-3-5-14(6-4-13)28-9-8-25-11-17(26)18(19(25)22)20-23-15-7-2-12(21)10-16(15)24-20/h2-7,10,22,26H,8-9,11H2,1H3,(H,23,24). The molecule has 8 heteroatoms. The monoisotopic (exact) mass is 382 g/mol. The van der Waals surface area contributed by atoms with Crippen molar-refractivity contribution < 1.29 is 19.0 Å². The van der Waals surface area contributed by atoms with Crippen molar-refractivity contribution in [3.8, 4) is 11.5 Å². The zero-order chi connectivity index (χ0) is 19.7. The number of aromatic amines is 1. The van der Waals surface area contributed by atoms with Crippen molar-refractivity contribution in [1.82, 2.24) is 14.9 Å². The number of nitrogens with one attached hydrogen (secondary N) is 2. The van der Waals surface area contributed by atoms with Gasteiger partial charge in [0, 0.05) is 0 Å². The molecule has 1 aliphatic heterocycles. The quantitative estimate of drug-likeness (QED) is 0.608. The molecule has 0 amide bonds. The summed E-state index contributed by atoms with van der Waals surface area (Å²) in [4.78, 5) is 9.03. The van der Waals surface area contributed by atoms with Crippen LogP contribution in [0, 0.1) is 11.2 Å². The first-order valence-corrected chi connectivity index (χ1v) is 8.73. The van der Waals surface area contributed by atoms with Gasteiger partial charge in [0.25, 0.3) is 0 Å². The highest BCUT2D eigenvalue weighted by Crippen LogP contribution is 2.27. The molecule has 28 heavy (non-hydrogen) atoms. The minimum absolute atomic E-state index is 0.0500. The van der Waals surface area contributed by atoms with E-state index >= 15 is 0 Å². The Labute approximate surface area is 160 Å². The van der Waals surface area contributed by atoms with Crippen molar-refractivity contribution in [3.05, 3.63) is 59.9 Å². The van der Waals surface area contributed by atoms with Crippen LogP contribution in [0.1, 0.15) is 5.82 Å².